The normalized spacial score (nSPS) is 30.3. The van der Waals surface area contributed by atoms with E-state index in [0.717, 1.165) is 19.3 Å². The van der Waals surface area contributed by atoms with Gasteiger partial charge >= 0.3 is 0 Å². The molecule has 0 bridgehead atoms. The minimum absolute atomic E-state index is 0.370. The monoisotopic (exact) mass is 172 g/mol. The molecule has 13 heavy (non-hydrogen) atoms. The number of carbonyl (C=O) groups is 1. The fourth-order valence-electron chi connectivity index (χ4n) is 2.70. The Morgan fingerprint density at radius 1 is 1.15 bits per heavy atom. The van der Waals surface area contributed by atoms with Crippen LogP contribution in [-0.4, -0.2) is 5.78 Å². The van der Waals surface area contributed by atoms with Crippen molar-refractivity contribution in [3.05, 3.63) is 35.4 Å². The minimum Gasteiger partial charge on any atom is -0.299 e. The summed E-state index contributed by atoms with van der Waals surface area (Å²) in [6.45, 7) is 0. The molecule has 0 radical (unpaired) electrons. The van der Waals surface area contributed by atoms with Crippen molar-refractivity contribution in [3.8, 4) is 0 Å². The first-order valence-electron chi connectivity index (χ1n) is 4.97. The molecule has 0 N–H and O–H groups in total. The van der Waals surface area contributed by atoms with Crippen molar-refractivity contribution in [1.82, 2.24) is 0 Å². The van der Waals surface area contributed by atoms with Crippen LogP contribution in [0, 0.1) is 5.92 Å². The number of hydrogen-bond donors (Lipinski definition) is 0. The summed E-state index contributed by atoms with van der Waals surface area (Å²) in [4.78, 5) is 11.3. The molecule has 0 amide bonds. The van der Waals surface area contributed by atoms with Crippen molar-refractivity contribution < 1.29 is 4.79 Å². The lowest BCUT2D eigenvalue weighted by atomic mass is 9.62. The molecule has 2 atom stereocenters. The summed E-state index contributed by atoms with van der Waals surface area (Å²) in [6, 6.07) is 8.58. The predicted molar refractivity (Wildman–Crippen MR) is 50.6 cm³/mol. The summed E-state index contributed by atoms with van der Waals surface area (Å²) in [7, 11) is 0. The van der Waals surface area contributed by atoms with E-state index in [2.05, 4.69) is 24.3 Å². The van der Waals surface area contributed by atoms with E-state index in [1.165, 1.54) is 11.1 Å². The molecule has 0 aliphatic heterocycles. The van der Waals surface area contributed by atoms with Crippen LogP contribution in [0.25, 0.3) is 0 Å². The van der Waals surface area contributed by atoms with Crippen LogP contribution >= 0.6 is 0 Å². The standard InChI is InChI=1S/C12H12O/c13-12-7-11-9-4-2-1-3-8(9)5-6-10(11)12/h1-4,10-11H,5-7H2/t10-,11-/m1/s1. The fourth-order valence-corrected chi connectivity index (χ4v) is 2.70. The second kappa shape index (κ2) is 2.44. The van der Waals surface area contributed by atoms with Gasteiger partial charge in [-0.2, -0.15) is 0 Å². The van der Waals surface area contributed by atoms with E-state index in [-0.39, 0.29) is 0 Å². The Balaban J connectivity index is 2.05. The van der Waals surface area contributed by atoms with Gasteiger partial charge in [-0.1, -0.05) is 24.3 Å². The summed E-state index contributed by atoms with van der Waals surface area (Å²) >= 11 is 0. The maximum atomic E-state index is 11.3. The van der Waals surface area contributed by atoms with Gasteiger partial charge in [0.25, 0.3) is 0 Å². The highest BCUT2D eigenvalue weighted by Crippen LogP contribution is 2.46. The molecule has 66 valence electrons. The molecule has 2 aliphatic rings. The summed E-state index contributed by atoms with van der Waals surface area (Å²) in [5.74, 6) is 1.42. The molecule has 0 unspecified atom stereocenters. The number of ketones is 1. The lowest BCUT2D eigenvalue weighted by molar-refractivity contribution is -0.131. The molecule has 1 aromatic carbocycles. The Hall–Kier alpha value is -1.11. The Kier molecular flexibility index (Phi) is 1.37. The minimum atomic E-state index is 0.370. The van der Waals surface area contributed by atoms with E-state index >= 15 is 0 Å². The quantitative estimate of drug-likeness (QED) is 0.587. The Morgan fingerprint density at radius 2 is 2.00 bits per heavy atom. The largest absolute Gasteiger partial charge is 0.299 e. The van der Waals surface area contributed by atoms with Gasteiger partial charge in [0.05, 0.1) is 0 Å². The average Bonchev–Trinajstić information content (AvgIpc) is 2.16. The zero-order valence-electron chi connectivity index (χ0n) is 7.49. The van der Waals surface area contributed by atoms with Gasteiger partial charge in [0.15, 0.2) is 0 Å². The maximum Gasteiger partial charge on any atom is 0.137 e. The summed E-state index contributed by atoms with van der Waals surface area (Å²) in [5, 5.41) is 0. The highest BCUT2D eigenvalue weighted by atomic mass is 16.1. The molecule has 0 saturated heterocycles. The van der Waals surface area contributed by atoms with Crippen molar-refractivity contribution in [2.24, 2.45) is 5.92 Å². The second-order valence-corrected chi connectivity index (χ2v) is 4.12. The lowest BCUT2D eigenvalue weighted by Gasteiger charge is -2.40. The number of hydrogen-bond acceptors (Lipinski definition) is 1. The number of carbonyl (C=O) groups excluding carboxylic acids is 1. The van der Waals surface area contributed by atoms with Gasteiger partial charge in [-0.05, 0) is 24.0 Å². The Morgan fingerprint density at radius 3 is 2.85 bits per heavy atom. The second-order valence-electron chi connectivity index (χ2n) is 4.12. The van der Waals surface area contributed by atoms with E-state index in [9.17, 15) is 4.79 Å². The van der Waals surface area contributed by atoms with Gasteiger partial charge in [0.1, 0.15) is 5.78 Å². The number of benzene rings is 1. The Bertz CT molecular complexity index is 367. The van der Waals surface area contributed by atoms with Gasteiger partial charge < -0.3 is 0 Å². The highest BCUT2D eigenvalue weighted by Gasteiger charge is 2.43. The molecular formula is C12H12O. The third kappa shape index (κ3) is 0.902. The van der Waals surface area contributed by atoms with E-state index in [4.69, 9.17) is 0 Å². The average molecular weight is 172 g/mol. The van der Waals surface area contributed by atoms with Crippen LogP contribution in [0.15, 0.2) is 24.3 Å². The molecular weight excluding hydrogens is 160 g/mol. The number of fused-ring (bicyclic) bond motifs is 3. The first-order chi connectivity index (χ1) is 6.36. The molecule has 0 heterocycles. The van der Waals surface area contributed by atoms with Crippen molar-refractivity contribution in [1.29, 1.82) is 0 Å². The van der Waals surface area contributed by atoms with Gasteiger partial charge in [-0.15, -0.1) is 0 Å². The molecule has 3 rings (SSSR count). The van der Waals surface area contributed by atoms with E-state index < -0.39 is 0 Å². The third-order valence-corrected chi connectivity index (χ3v) is 3.50. The van der Waals surface area contributed by atoms with E-state index in [0.29, 0.717) is 17.6 Å². The van der Waals surface area contributed by atoms with E-state index in [1.807, 2.05) is 0 Å². The van der Waals surface area contributed by atoms with Crippen LogP contribution < -0.4 is 0 Å². The summed E-state index contributed by atoms with van der Waals surface area (Å²) < 4.78 is 0. The highest BCUT2D eigenvalue weighted by molar-refractivity contribution is 5.90. The SMILES string of the molecule is O=C1C[C@@H]2c3ccccc3CC[C@@H]12. The van der Waals surface area contributed by atoms with Crippen molar-refractivity contribution >= 4 is 5.78 Å². The van der Waals surface area contributed by atoms with Gasteiger partial charge in [-0.3, -0.25) is 4.79 Å². The molecule has 0 aromatic heterocycles. The van der Waals surface area contributed by atoms with Crippen LogP contribution in [0.2, 0.25) is 0 Å². The fraction of sp³-hybridized carbons (Fsp3) is 0.417. The first-order valence-corrected chi connectivity index (χ1v) is 4.97. The zero-order valence-corrected chi connectivity index (χ0v) is 7.49. The molecule has 2 aliphatic carbocycles. The van der Waals surface area contributed by atoms with Crippen molar-refractivity contribution in [2.75, 3.05) is 0 Å². The molecule has 1 nitrogen and oxygen atoms in total. The predicted octanol–water partition coefficient (Wildman–Crippen LogP) is 2.31. The molecule has 1 aromatic rings. The summed E-state index contributed by atoms with van der Waals surface area (Å²) in [6.07, 6.45) is 2.98. The molecule has 1 saturated carbocycles. The van der Waals surface area contributed by atoms with Crippen LogP contribution in [0.3, 0.4) is 0 Å². The molecule has 0 spiro atoms. The van der Waals surface area contributed by atoms with Crippen molar-refractivity contribution in [2.45, 2.75) is 25.2 Å². The number of aryl methyl sites for hydroxylation is 1. The third-order valence-electron chi connectivity index (χ3n) is 3.50. The number of Topliss-reactive ketones (excluding diaryl/α,β-unsaturated/α-hetero) is 1. The first kappa shape index (κ1) is 7.31. The van der Waals surface area contributed by atoms with Crippen molar-refractivity contribution in [3.63, 3.8) is 0 Å². The van der Waals surface area contributed by atoms with Gasteiger partial charge in [-0.25, -0.2) is 0 Å². The number of rotatable bonds is 0. The Labute approximate surface area is 77.8 Å². The molecule has 1 fully saturated rings. The summed E-state index contributed by atoms with van der Waals surface area (Å²) in [5.41, 5.74) is 2.91. The smallest absolute Gasteiger partial charge is 0.137 e. The molecule has 1 heteroatoms. The van der Waals surface area contributed by atoms with Gasteiger partial charge in [0.2, 0.25) is 0 Å². The topological polar surface area (TPSA) is 17.1 Å². The van der Waals surface area contributed by atoms with Crippen LogP contribution in [0.5, 0.6) is 0 Å². The maximum absolute atomic E-state index is 11.3. The van der Waals surface area contributed by atoms with Crippen LogP contribution in [0.4, 0.5) is 0 Å². The van der Waals surface area contributed by atoms with Gasteiger partial charge in [0, 0.05) is 18.3 Å². The van der Waals surface area contributed by atoms with Crippen LogP contribution in [0.1, 0.15) is 29.9 Å². The lowest BCUT2D eigenvalue weighted by Crippen LogP contribution is -2.38. The van der Waals surface area contributed by atoms with Crippen LogP contribution in [-0.2, 0) is 11.2 Å². The zero-order chi connectivity index (χ0) is 8.84. The van der Waals surface area contributed by atoms with E-state index in [1.54, 1.807) is 0 Å².